The van der Waals surface area contributed by atoms with Gasteiger partial charge in [-0.25, -0.2) is 8.42 Å². The van der Waals surface area contributed by atoms with Gasteiger partial charge in [-0.15, -0.1) is 0 Å². The number of amides is 1. The van der Waals surface area contributed by atoms with Crippen LogP contribution in [0.5, 0.6) is 5.75 Å². The second kappa shape index (κ2) is 8.81. The first-order valence-electron chi connectivity index (χ1n) is 10.7. The van der Waals surface area contributed by atoms with Crippen molar-refractivity contribution < 1.29 is 17.9 Å². The summed E-state index contributed by atoms with van der Waals surface area (Å²) in [7, 11) is -3.76. The van der Waals surface area contributed by atoms with Crippen LogP contribution in [0.4, 0.5) is 5.69 Å². The smallest absolute Gasteiger partial charge is 0.243 e. The van der Waals surface area contributed by atoms with Gasteiger partial charge in [-0.3, -0.25) is 4.79 Å². The third-order valence-electron chi connectivity index (χ3n) is 6.02. The normalized spacial score (nSPS) is 21.7. The summed E-state index contributed by atoms with van der Waals surface area (Å²) in [5.41, 5.74) is 2.10. The minimum Gasteiger partial charge on any atom is -0.492 e. The molecule has 8 heteroatoms. The Bertz CT molecular complexity index is 1090. The van der Waals surface area contributed by atoms with E-state index in [2.05, 4.69) is 0 Å². The second-order valence-corrected chi connectivity index (χ2v) is 10.5. The highest BCUT2D eigenvalue weighted by atomic mass is 35.5. The van der Waals surface area contributed by atoms with Crippen LogP contribution in [0.3, 0.4) is 0 Å². The first-order chi connectivity index (χ1) is 14.8. The van der Waals surface area contributed by atoms with Gasteiger partial charge in [0.15, 0.2) is 0 Å². The third-order valence-corrected chi connectivity index (χ3v) is 8.18. The summed E-state index contributed by atoms with van der Waals surface area (Å²) in [6.45, 7) is 4.89. The molecule has 2 aromatic rings. The number of para-hydroxylation sites is 1. The van der Waals surface area contributed by atoms with E-state index in [-0.39, 0.29) is 34.3 Å². The summed E-state index contributed by atoms with van der Waals surface area (Å²) in [5.74, 6) is 0.0916. The zero-order valence-electron chi connectivity index (χ0n) is 17.8. The van der Waals surface area contributed by atoms with Crippen LogP contribution >= 0.6 is 11.6 Å². The lowest BCUT2D eigenvalue weighted by molar-refractivity contribution is -0.123. The monoisotopic (exact) mass is 462 g/mol. The number of carbonyl (C=O) groups excluding carboxylic acids is 1. The second-order valence-electron chi connectivity index (χ2n) is 8.12. The number of carbonyl (C=O) groups is 1. The predicted octanol–water partition coefficient (Wildman–Crippen LogP) is 4.12. The van der Waals surface area contributed by atoms with Crippen molar-refractivity contribution in [3.63, 3.8) is 0 Å². The Kier molecular flexibility index (Phi) is 6.28. The SMILES string of the molecule is CCOc1ccc(S(=O)(=O)N2CCC[C@@H](C(=O)N3c4ccccc4C[C@@H]3C)C2)cc1Cl. The molecule has 6 nitrogen and oxygen atoms in total. The van der Waals surface area contributed by atoms with E-state index in [4.69, 9.17) is 16.3 Å². The van der Waals surface area contributed by atoms with Gasteiger partial charge in [0.25, 0.3) is 0 Å². The van der Waals surface area contributed by atoms with Gasteiger partial charge >= 0.3 is 0 Å². The fourth-order valence-electron chi connectivity index (χ4n) is 4.52. The molecule has 0 unspecified atom stereocenters. The molecule has 0 aromatic heterocycles. The molecule has 0 N–H and O–H groups in total. The van der Waals surface area contributed by atoms with E-state index in [9.17, 15) is 13.2 Å². The molecule has 2 atom stereocenters. The minimum absolute atomic E-state index is 0.00192. The highest BCUT2D eigenvalue weighted by molar-refractivity contribution is 7.89. The predicted molar refractivity (Wildman–Crippen MR) is 121 cm³/mol. The number of hydrogen-bond acceptors (Lipinski definition) is 4. The fraction of sp³-hybridized carbons (Fsp3) is 0.435. The van der Waals surface area contributed by atoms with Gasteiger partial charge in [0, 0.05) is 24.8 Å². The number of rotatable bonds is 5. The molecule has 1 fully saturated rings. The van der Waals surface area contributed by atoms with Crippen molar-refractivity contribution in [2.75, 3.05) is 24.6 Å². The number of fused-ring (bicyclic) bond motifs is 1. The first kappa shape index (κ1) is 22.1. The number of sulfonamides is 1. The van der Waals surface area contributed by atoms with Crippen LogP contribution in [0.25, 0.3) is 0 Å². The van der Waals surface area contributed by atoms with Crippen molar-refractivity contribution in [3.8, 4) is 5.75 Å². The number of benzene rings is 2. The van der Waals surface area contributed by atoms with Crippen LogP contribution in [-0.2, 0) is 21.2 Å². The van der Waals surface area contributed by atoms with Crippen molar-refractivity contribution in [1.29, 1.82) is 0 Å². The zero-order chi connectivity index (χ0) is 22.2. The average molecular weight is 463 g/mol. The van der Waals surface area contributed by atoms with E-state index in [0.717, 1.165) is 17.7 Å². The molecule has 2 aliphatic heterocycles. The quantitative estimate of drug-likeness (QED) is 0.670. The summed E-state index contributed by atoms with van der Waals surface area (Å²) >= 11 is 6.21. The third kappa shape index (κ3) is 4.19. The molecule has 1 amide bonds. The Morgan fingerprint density at radius 2 is 2.00 bits per heavy atom. The van der Waals surface area contributed by atoms with Crippen LogP contribution in [0.15, 0.2) is 47.4 Å². The molecule has 166 valence electrons. The number of piperidine rings is 1. The van der Waals surface area contributed by atoms with Gasteiger partial charge < -0.3 is 9.64 Å². The molecular formula is C23H27ClN2O4S. The van der Waals surface area contributed by atoms with Crippen molar-refractivity contribution in [2.45, 2.75) is 44.0 Å². The molecule has 4 rings (SSSR count). The zero-order valence-corrected chi connectivity index (χ0v) is 19.3. The molecule has 2 aromatic carbocycles. The lowest BCUT2D eigenvalue weighted by Crippen LogP contribution is -2.48. The molecule has 0 aliphatic carbocycles. The highest BCUT2D eigenvalue weighted by Crippen LogP contribution is 2.35. The lowest BCUT2D eigenvalue weighted by Gasteiger charge is -2.34. The average Bonchev–Trinajstić information content (AvgIpc) is 3.10. The van der Waals surface area contributed by atoms with Gasteiger partial charge in [0.2, 0.25) is 15.9 Å². The van der Waals surface area contributed by atoms with Crippen LogP contribution < -0.4 is 9.64 Å². The number of anilines is 1. The van der Waals surface area contributed by atoms with E-state index >= 15 is 0 Å². The highest BCUT2D eigenvalue weighted by Gasteiger charge is 2.39. The summed E-state index contributed by atoms with van der Waals surface area (Å²) in [6.07, 6.45) is 2.14. The summed E-state index contributed by atoms with van der Waals surface area (Å²) in [6, 6.07) is 12.5. The summed E-state index contributed by atoms with van der Waals surface area (Å²) in [5, 5.41) is 0.259. The molecule has 1 saturated heterocycles. The number of hydrogen-bond donors (Lipinski definition) is 0. The Labute approximate surface area is 188 Å². The van der Waals surface area contributed by atoms with Crippen LogP contribution in [0.2, 0.25) is 5.02 Å². The molecule has 31 heavy (non-hydrogen) atoms. The lowest BCUT2D eigenvalue weighted by atomic mass is 9.97. The maximum atomic E-state index is 13.4. The molecule has 2 heterocycles. The molecule has 0 radical (unpaired) electrons. The molecule has 0 saturated carbocycles. The summed E-state index contributed by atoms with van der Waals surface area (Å²) < 4.78 is 33.3. The van der Waals surface area contributed by atoms with Crippen molar-refractivity contribution in [1.82, 2.24) is 4.31 Å². The van der Waals surface area contributed by atoms with Gasteiger partial charge in [0.05, 0.1) is 22.4 Å². The Hall–Kier alpha value is -2.09. The number of nitrogens with zero attached hydrogens (tertiary/aromatic N) is 2. The van der Waals surface area contributed by atoms with Crippen LogP contribution in [0, 0.1) is 5.92 Å². The van der Waals surface area contributed by atoms with E-state index < -0.39 is 10.0 Å². The van der Waals surface area contributed by atoms with Crippen molar-refractivity contribution in [2.24, 2.45) is 5.92 Å². The fourth-order valence-corrected chi connectivity index (χ4v) is 6.37. The number of halogens is 1. The Balaban J connectivity index is 1.54. The van der Waals surface area contributed by atoms with E-state index in [0.29, 0.717) is 31.7 Å². The minimum atomic E-state index is -3.76. The maximum absolute atomic E-state index is 13.4. The maximum Gasteiger partial charge on any atom is 0.243 e. The largest absolute Gasteiger partial charge is 0.492 e. The van der Waals surface area contributed by atoms with E-state index in [1.165, 1.54) is 16.4 Å². The topological polar surface area (TPSA) is 66.9 Å². The standard InChI is InChI=1S/C23H27ClN2O4S/c1-3-30-22-11-10-19(14-20(22)24)31(28,29)25-12-6-8-18(15-25)23(27)26-16(2)13-17-7-4-5-9-21(17)26/h4-5,7,9-11,14,16,18H,3,6,8,12-13,15H2,1-2H3/t16-,18+/m0/s1. The molecule has 2 aliphatic rings. The molecular weight excluding hydrogens is 436 g/mol. The Morgan fingerprint density at radius 3 is 2.74 bits per heavy atom. The van der Waals surface area contributed by atoms with Gasteiger partial charge in [-0.1, -0.05) is 29.8 Å². The van der Waals surface area contributed by atoms with E-state index in [1.807, 2.05) is 43.0 Å². The number of ether oxygens (including phenoxy) is 1. The van der Waals surface area contributed by atoms with Gasteiger partial charge in [-0.05, 0) is 62.9 Å². The molecule has 0 bridgehead atoms. The first-order valence-corrected chi connectivity index (χ1v) is 12.5. The summed E-state index contributed by atoms with van der Waals surface area (Å²) in [4.78, 5) is 15.4. The Morgan fingerprint density at radius 1 is 1.23 bits per heavy atom. The van der Waals surface area contributed by atoms with Crippen molar-refractivity contribution >= 4 is 33.2 Å². The van der Waals surface area contributed by atoms with Crippen LogP contribution in [-0.4, -0.2) is 44.4 Å². The van der Waals surface area contributed by atoms with Crippen molar-refractivity contribution in [3.05, 3.63) is 53.1 Å². The van der Waals surface area contributed by atoms with Gasteiger partial charge in [0.1, 0.15) is 5.75 Å². The van der Waals surface area contributed by atoms with E-state index in [1.54, 1.807) is 6.07 Å². The molecule has 0 spiro atoms. The van der Waals surface area contributed by atoms with Gasteiger partial charge in [-0.2, -0.15) is 4.31 Å². The van der Waals surface area contributed by atoms with Crippen LogP contribution in [0.1, 0.15) is 32.3 Å².